The Hall–Kier alpha value is -2.53. The summed E-state index contributed by atoms with van der Waals surface area (Å²) in [6, 6.07) is 10.6. The Morgan fingerprint density at radius 1 is 1.19 bits per heavy atom. The first-order valence-corrected chi connectivity index (χ1v) is 9.93. The molecule has 1 N–H and O–H groups in total. The average Bonchev–Trinajstić information content (AvgIpc) is 3.19. The monoisotopic (exact) mass is 380 g/mol. The largest absolute Gasteiger partial charge is 0.493 e. The molecule has 0 radical (unpaired) electrons. The molecule has 0 unspecified atom stereocenters. The number of rotatable bonds is 4. The zero-order valence-electron chi connectivity index (χ0n) is 16.3. The predicted molar refractivity (Wildman–Crippen MR) is 112 cm³/mol. The molecule has 0 atom stereocenters. The van der Waals surface area contributed by atoms with Crippen LogP contribution in [0.3, 0.4) is 0 Å². The zero-order chi connectivity index (χ0) is 19.2. The fourth-order valence-electron chi connectivity index (χ4n) is 3.51. The SMILES string of the molecule is COc1cc(-c2csc(Nc3ccc(C)cc3C)n2)cc2c1OC(C)(C)C2. The summed E-state index contributed by atoms with van der Waals surface area (Å²) in [4.78, 5) is 4.79. The van der Waals surface area contributed by atoms with Gasteiger partial charge in [-0.1, -0.05) is 17.7 Å². The summed E-state index contributed by atoms with van der Waals surface area (Å²) < 4.78 is 11.6. The van der Waals surface area contributed by atoms with Gasteiger partial charge in [0.2, 0.25) is 0 Å². The van der Waals surface area contributed by atoms with E-state index in [4.69, 9.17) is 14.5 Å². The van der Waals surface area contributed by atoms with E-state index in [0.29, 0.717) is 0 Å². The smallest absolute Gasteiger partial charge is 0.187 e. The number of aromatic nitrogens is 1. The quantitative estimate of drug-likeness (QED) is 0.613. The molecule has 0 saturated heterocycles. The van der Waals surface area contributed by atoms with Gasteiger partial charge < -0.3 is 14.8 Å². The second kappa shape index (κ2) is 6.57. The molecular formula is C22H24N2O2S. The van der Waals surface area contributed by atoms with Gasteiger partial charge in [-0.05, 0) is 51.5 Å². The molecule has 1 aliphatic heterocycles. The zero-order valence-corrected chi connectivity index (χ0v) is 17.2. The summed E-state index contributed by atoms with van der Waals surface area (Å²) in [5.74, 6) is 1.63. The number of hydrogen-bond acceptors (Lipinski definition) is 5. The fourth-order valence-corrected chi connectivity index (χ4v) is 4.24. The minimum atomic E-state index is -0.202. The highest BCUT2D eigenvalue weighted by molar-refractivity contribution is 7.14. The van der Waals surface area contributed by atoms with Crippen LogP contribution in [0, 0.1) is 13.8 Å². The van der Waals surface area contributed by atoms with Crippen molar-refractivity contribution in [1.29, 1.82) is 0 Å². The van der Waals surface area contributed by atoms with E-state index in [1.807, 2.05) is 6.07 Å². The molecular weight excluding hydrogens is 356 g/mol. The topological polar surface area (TPSA) is 43.4 Å². The maximum atomic E-state index is 6.06. The Kier molecular flexibility index (Phi) is 4.35. The Balaban J connectivity index is 1.64. The third kappa shape index (κ3) is 3.52. The molecule has 2 heterocycles. The lowest BCUT2D eigenvalue weighted by Gasteiger charge is -2.17. The fraction of sp³-hybridized carbons (Fsp3) is 0.318. The lowest BCUT2D eigenvalue weighted by atomic mass is 9.99. The molecule has 27 heavy (non-hydrogen) atoms. The van der Waals surface area contributed by atoms with Crippen molar-refractivity contribution in [3.63, 3.8) is 0 Å². The van der Waals surface area contributed by atoms with Gasteiger partial charge in [-0.3, -0.25) is 0 Å². The molecule has 1 aliphatic rings. The number of hydrogen-bond donors (Lipinski definition) is 1. The van der Waals surface area contributed by atoms with Gasteiger partial charge in [-0.2, -0.15) is 0 Å². The van der Waals surface area contributed by atoms with Gasteiger partial charge in [0.25, 0.3) is 0 Å². The second-order valence-corrected chi connectivity index (χ2v) is 8.54. The number of methoxy groups -OCH3 is 1. The van der Waals surface area contributed by atoms with Crippen molar-refractivity contribution in [2.75, 3.05) is 12.4 Å². The Labute approximate surface area is 164 Å². The van der Waals surface area contributed by atoms with Crippen LogP contribution in [0.25, 0.3) is 11.3 Å². The van der Waals surface area contributed by atoms with Gasteiger partial charge in [0.1, 0.15) is 5.60 Å². The van der Waals surface area contributed by atoms with Crippen molar-refractivity contribution in [2.45, 2.75) is 39.7 Å². The molecule has 140 valence electrons. The third-order valence-corrected chi connectivity index (χ3v) is 5.53. The summed E-state index contributed by atoms with van der Waals surface area (Å²) in [6.45, 7) is 8.41. The van der Waals surface area contributed by atoms with Gasteiger partial charge in [0.05, 0.1) is 12.8 Å². The van der Waals surface area contributed by atoms with Crippen LogP contribution in [-0.4, -0.2) is 17.7 Å². The summed E-state index contributed by atoms with van der Waals surface area (Å²) >= 11 is 1.60. The summed E-state index contributed by atoms with van der Waals surface area (Å²) in [6.07, 6.45) is 0.865. The van der Waals surface area contributed by atoms with Crippen molar-refractivity contribution in [1.82, 2.24) is 4.98 Å². The van der Waals surface area contributed by atoms with E-state index in [0.717, 1.165) is 40.0 Å². The van der Waals surface area contributed by atoms with Crippen LogP contribution in [0.1, 0.15) is 30.5 Å². The number of nitrogens with one attached hydrogen (secondary N) is 1. The molecule has 5 heteroatoms. The average molecular weight is 381 g/mol. The highest BCUT2D eigenvalue weighted by atomic mass is 32.1. The number of anilines is 2. The van der Waals surface area contributed by atoms with Crippen LogP contribution in [0.4, 0.5) is 10.8 Å². The van der Waals surface area contributed by atoms with E-state index in [9.17, 15) is 0 Å². The number of aryl methyl sites for hydroxylation is 2. The standard InChI is InChI=1S/C22H24N2O2S/c1-13-6-7-17(14(2)8-13)23-21-24-18(12-27-21)15-9-16-11-22(3,4)26-20(16)19(10-15)25-5/h6-10,12H,11H2,1-5H3,(H,23,24). The van der Waals surface area contributed by atoms with E-state index in [-0.39, 0.29) is 5.60 Å². The molecule has 0 saturated carbocycles. The summed E-state index contributed by atoms with van der Waals surface area (Å²) in [5, 5.41) is 6.39. The van der Waals surface area contributed by atoms with E-state index in [1.165, 1.54) is 16.7 Å². The summed E-state index contributed by atoms with van der Waals surface area (Å²) in [7, 11) is 1.68. The normalized spacial score (nSPS) is 14.6. The number of thiazole rings is 1. The molecule has 0 bridgehead atoms. The van der Waals surface area contributed by atoms with Gasteiger partial charge in [-0.15, -0.1) is 11.3 Å². The molecule has 4 rings (SSSR count). The molecule has 0 aliphatic carbocycles. The minimum absolute atomic E-state index is 0.202. The second-order valence-electron chi connectivity index (χ2n) is 7.69. The van der Waals surface area contributed by atoms with Crippen molar-refractivity contribution in [3.05, 3.63) is 52.4 Å². The van der Waals surface area contributed by atoms with Crippen LogP contribution < -0.4 is 14.8 Å². The van der Waals surface area contributed by atoms with Crippen LogP contribution in [0.5, 0.6) is 11.5 Å². The van der Waals surface area contributed by atoms with Crippen LogP contribution in [0.15, 0.2) is 35.7 Å². The van der Waals surface area contributed by atoms with Crippen LogP contribution in [-0.2, 0) is 6.42 Å². The highest BCUT2D eigenvalue weighted by Crippen LogP contribution is 2.44. The van der Waals surface area contributed by atoms with Crippen LogP contribution >= 0.6 is 11.3 Å². The van der Waals surface area contributed by atoms with E-state index >= 15 is 0 Å². The third-order valence-electron chi connectivity index (χ3n) is 4.77. The first-order chi connectivity index (χ1) is 12.8. The van der Waals surface area contributed by atoms with Crippen molar-refractivity contribution in [3.8, 4) is 22.8 Å². The number of fused-ring (bicyclic) bond motifs is 1. The number of benzene rings is 2. The van der Waals surface area contributed by atoms with E-state index < -0.39 is 0 Å². The Morgan fingerprint density at radius 2 is 2.00 bits per heavy atom. The van der Waals surface area contributed by atoms with E-state index in [2.05, 4.69) is 62.7 Å². The molecule has 4 nitrogen and oxygen atoms in total. The van der Waals surface area contributed by atoms with E-state index in [1.54, 1.807) is 18.4 Å². The maximum Gasteiger partial charge on any atom is 0.187 e. The predicted octanol–water partition coefficient (Wildman–Crippen LogP) is 5.89. The molecule has 0 amide bonds. The Bertz CT molecular complexity index is 1010. The van der Waals surface area contributed by atoms with Crippen molar-refractivity contribution in [2.24, 2.45) is 0 Å². The molecule has 2 aromatic carbocycles. The van der Waals surface area contributed by atoms with Gasteiger partial charge >= 0.3 is 0 Å². The number of nitrogens with zero attached hydrogens (tertiary/aromatic N) is 1. The number of ether oxygens (including phenoxy) is 2. The van der Waals surface area contributed by atoms with Crippen molar-refractivity contribution < 1.29 is 9.47 Å². The Morgan fingerprint density at radius 3 is 2.74 bits per heavy atom. The molecule has 0 fully saturated rings. The lowest BCUT2D eigenvalue weighted by Crippen LogP contribution is -2.24. The summed E-state index contributed by atoms with van der Waals surface area (Å²) in [5.41, 5.74) is 6.52. The maximum absolute atomic E-state index is 6.06. The van der Waals surface area contributed by atoms with Gasteiger partial charge in [0.15, 0.2) is 16.6 Å². The molecule has 3 aromatic rings. The minimum Gasteiger partial charge on any atom is -0.493 e. The highest BCUT2D eigenvalue weighted by Gasteiger charge is 2.33. The first-order valence-electron chi connectivity index (χ1n) is 9.05. The van der Waals surface area contributed by atoms with Gasteiger partial charge in [-0.25, -0.2) is 4.98 Å². The van der Waals surface area contributed by atoms with Crippen LogP contribution in [0.2, 0.25) is 0 Å². The lowest BCUT2D eigenvalue weighted by molar-refractivity contribution is 0.134. The molecule has 0 spiro atoms. The first kappa shape index (κ1) is 17.9. The van der Waals surface area contributed by atoms with Gasteiger partial charge in [0, 0.05) is 28.6 Å². The van der Waals surface area contributed by atoms with Crippen molar-refractivity contribution >= 4 is 22.2 Å². The molecule has 1 aromatic heterocycles.